The number of carbonyl (C=O) groups excluding carboxylic acids is 1. The zero-order chi connectivity index (χ0) is 14.3. The van der Waals surface area contributed by atoms with E-state index in [1.54, 1.807) is 6.92 Å². The summed E-state index contributed by atoms with van der Waals surface area (Å²) in [6.07, 6.45) is 2.35. The van der Waals surface area contributed by atoms with Crippen LogP contribution in [0.4, 0.5) is 0 Å². The average Bonchev–Trinajstić information content (AvgIpc) is 2.32. The fourth-order valence-corrected chi connectivity index (χ4v) is 1.42. The molecule has 106 valence electrons. The van der Waals surface area contributed by atoms with Gasteiger partial charge in [-0.15, -0.1) is 0 Å². The molecule has 5 heteroatoms. The van der Waals surface area contributed by atoms with Crippen molar-refractivity contribution < 1.29 is 14.3 Å². The van der Waals surface area contributed by atoms with E-state index in [9.17, 15) is 9.59 Å². The second-order valence-electron chi connectivity index (χ2n) is 4.82. The van der Waals surface area contributed by atoms with Crippen molar-refractivity contribution in [3.05, 3.63) is 33.7 Å². The summed E-state index contributed by atoms with van der Waals surface area (Å²) in [5.41, 5.74) is 0.397. The number of nitrogens with one attached hydrogen (secondary N) is 1. The lowest BCUT2D eigenvalue weighted by Gasteiger charge is -2.07. The molecule has 0 aliphatic heterocycles. The number of pyridine rings is 1. The molecule has 0 atom stereocenters. The van der Waals surface area contributed by atoms with Crippen LogP contribution in [0.25, 0.3) is 0 Å². The van der Waals surface area contributed by atoms with E-state index in [0.717, 1.165) is 6.42 Å². The van der Waals surface area contributed by atoms with Gasteiger partial charge in [-0.2, -0.15) is 0 Å². The smallest absolute Gasteiger partial charge is 0.343 e. The van der Waals surface area contributed by atoms with Crippen LogP contribution in [0.15, 0.2) is 17.1 Å². The molecule has 1 heterocycles. The predicted octanol–water partition coefficient (Wildman–Crippen LogP) is 1.90. The molecular weight excluding hydrogens is 246 g/mol. The summed E-state index contributed by atoms with van der Waals surface area (Å²) in [6, 6.07) is 1.37. The highest BCUT2D eigenvalue weighted by molar-refractivity contribution is 5.88. The van der Waals surface area contributed by atoms with E-state index in [0.29, 0.717) is 24.8 Å². The molecule has 1 N–H and O–H groups in total. The lowest BCUT2D eigenvalue weighted by Crippen LogP contribution is -2.19. The third kappa shape index (κ3) is 5.70. The van der Waals surface area contributed by atoms with E-state index in [1.165, 1.54) is 12.3 Å². The zero-order valence-electron chi connectivity index (χ0n) is 11.7. The SMILES string of the molecule is Cc1cc(=O)c(C(=O)OCCOCCC(C)C)c[nH]1. The van der Waals surface area contributed by atoms with E-state index >= 15 is 0 Å². The monoisotopic (exact) mass is 267 g/mol. The van der Waals surface area contributed by atoms with Crippen molar-refractivity contribution in [2.24, 2.45) is 5.92 Å². The molecule has 0 spiro atoms. The van der Waals surface area contributed by atoms with Crippen LogP contribution in [-0.4, -0.2) is 30.8 Å². The van der Waals surface area contributed by atoms with Gasteiger partial charge in [-0.1, -0.05) is 13.8 Å². The van der Waals surface area contributed by atoms with Crippen molar-refractivity contribution in [3.8, 4) is 0 Å². The molecule has 0 aromatic carbocycles. The molecule has 0 unspecified atom stereocenters. The molecule has 0 aliphatic carbocycles. The van der Waals surface area contributed by atoms with Crippen LogP contribution < -0.4 is 5.43 Å². The van der Waals surface area contributed by atoms with Gasteiger partial charge in [-0.25, -0.2) is 4.79 Å². The van der Waals surface area contributed by atoms with Crippen LogP contribution in [0, 0.1) is 12.8 Å². The Morgan fingerprint density at radius 2 is 2.05 bits per heavy atom. The first kappa shape index (κ1) is 15.4. The number of aryl methyl sites for hydroxylation is 1. The first-order valence-corrected chi connectivity index (χ1v) is 6.45. The molecule has 0 aliphatic rings. The lowest BCUT2D eigenvalue weighted by atomic mass is 10.1. The van der Waals surface area contributed by atoms with E-state index in [1.807, 2.05) is 0 Å². The van der Waals surface area contributed by atoms with Gasteiger partial charge in [0, 0.05) is 24.6 Å². The number of ether oxygens (including phenoxy) is 2. The summed E-state index contributed by atoms with van der Waals surface area (Å²) >= 11 is 0. The summed E-state index contributed by atoms with van der Waals surface area (Å²) in [5, 5.41) is 0. The van der Waals surface area contributed by atoms with Gasteiger partial charge in [-0.05, 0) is 19.3 Å². The van der Waals surface area contributed by atoms with Gasteiger partial charge in [0.1, 0.15) is 12.2 Å². The summed E-state index contributed by atoms with van der Waals surface area (Å²) in [4.78, 5) is 26.0. The molecule has 0 fully saturated rings. The Hall–Kier alpha value is -1.62. The Morgan fingerprint density at radius 3 is 2.68 bits per heavy atom. The second-order valence-corrected chi connectivity index (χ2v) is 4.82. The largest absolute Gasteiger partial charge is 0.460 e. The highest BCUT2D eigenvalue weighted by Gasteiger charge is 2.11. The fraction of sp³-hybridized carbons (Fsp3) is 0.571. The standard InChI is InChI=1S/C14H21NO4/c1-10(2)4-5-18-6-7-19-14(17)12-9-15-11(3)8-13(12)16/h8-10H,4-7H2,1-3H3,(H,15,16). The zero-order valence-corrected chi connectivity index (χ0v) is 11.7. The number of carbonyl (C=O) groups is 1. The van der Waals surface area contributed by atoms with Gasteiger partial charge in [0.05, 0.1) is 6.61 Å². The number of aromatic nitrogens is 1. The fourth-order valence-electron chi connectivity index (χ4n) is 1.42. The van der Waals surface area contributed by atoms with Gasteiger partial charge in [0.15, 0.2) is 5.43 Å². The third-order valence-corrected chi connectivity index (χ3v) is 2.58. The van der Waals surface area contributed by atoms with Crippen LogP contribution in [0.2, 0.25) is 0 Å². The van der Waals surface area contributed by atoms with E-state index in [2.05, 4.69) is 18.8 Å². The number of hydrogen-bond donors (Lipinski definition) is 1. The number of H-pyrrole nitrogens is 1. The van der Waals surface area contributed by atoms with Crippen molar-refractivity contribution >= 4 is 5.97 Å². The van der Waals surface area contributed by atoms with Crippen LogP contribution in [0.5, 0.6) is 0 Å². The molecule has 0 saturated heterocycles. The Kier molecular flexibility index (Phi) is 6.29. The van der Waals surface area contributed by atoms with Crippen molar-refractivity contribution in [2.75, 3.05) is 19.8 Å². The van der Waals surface area contributed by atoms with Gasteiger partial charge in [-0.3, -0.25) is 4.79 Å². The van der Waals surface area contributed by atoms with E-state index in [4.69, 9.17) is 9.47 Å². The molecule has 0 bridgehead atoms. The lowest BCUT2D eigenvalue weighted by molar-refractivity contribution is 0.0301. The predicted molar refractivity (Wildman–Crippen MR) is 72.4 cm³/mol. The molecule has 0 amide bonds. The minimum absolute atomic E-state index is 0.0211. The van der Waals surface area contributed by atoms with E-state index < -0.39 is 5.97 Å². The summed E-state index contributed by atoms with van der Waals surface area (Å²) in [6.45, 7) is 7.14. The highest BCUT2D eigenvalue weighted by Crippen LogP contribution is 1.99. The number of aromatic amines is 1. The maximum absolute atomic E-state index is 11.6. The van der Waals surface area contributed by atoms with Crippen molar-refractivity contribution in [3.63, 3.8) is 0 Å². The maximum atomic E-state index is 11.6. The van der Waals surface area contributed by atoms with Gasteiger partial charge in [0.2, 0.25) is 0 Å². The van der Waals surface area contributed by atoms with Crippen molar-refractivity contribution in [2.45, 2.75) is 27.2 Å². The molecule has 5 nitrogen and oxygen atoms in total. The van der Waals surface area contributed by atoms with E-state index in [-0.39, 0.29) is 17.6 Å². The molecule has 1 rings (SSSR count). The summed E-state index contributed by atoms with van der Waals surface area (Å²) in [5.74, 6) is -0.0256. The second kappa shape index (κ2) is 7.74. The Balaban J connectivity index is 2.30. The molecule has 19 heavy (non-hydrogen) atoms. The van der Waals surface area contributed by atoms with Crippen molar-refractivity contribution in [1.29, 1.82) is 0 Å². The summed E-state index contributed by atoms with van der Waals surface area (Å²) in [7, 11) is 0. The average molecular weight is 267 g/mol. The van der Waals surface area contributed by atoms with Crippen LogP contribution in [0.3, 0.4) is 0 Å². The highest BCUT2D eigenvalue weighted by atomic mass is 16.6. The maximum Gasteiger partial charge on any atom is 0.343 e. The van der Waals surface area contributed by atoms with Gasteiger partial charge in [0.25, 0.3) is 0 Å². The quantitative estimate of drug-likeness (QED) is 0.605. The summed E-state index contributed by atoms with van der Waals surface area (Å²) < 4.78 is 10.3. The molecule has 1 aromatic rings. The first-order chi connectivity index (χ1) is 9.00. The first-order valence-electron chi connectivity index (χ1n) is 6.45. The molecule has 0 saturated carbocycles. The minimum Gasteiger partial charge on any atom is -0.460 e. The Bertz CT molecular complexity index is 465. The third-order valence-electron chi connectivity index (χ3n) is 2.58. The molecule has 0 radical (unpaired) electrons. The van der Waals surface area contributed by atoms with Gasteiger partial charge < -0.3 is 14.5 Å². The van der Waals surface area contributed by atoms with Crippen LogP contribution >= 0.6 is 0 Å². The normalized spacial score (nSPS) is 10.7. The Labute approximate surface area is 112 Å². The molecule has 1 aromatic heterocycles. The van der Waals surface area contributed by atoms with Gasteiger partial charge >= 0.3 is 5.97 Å². The molecular formula is C14H21NO4. The number of esters is 1. The minimum atomic E-state index is -0.617. The topological polar surface area (TPSA) is 68.4 Å². The number of hydrogen-bond acceptors (Lipinski definition) is 4. The van der Waals surface area contributed by atoms with Crippen LogP contribution in [0.1, 0.15) is 36.3 Å². The van der Waals surface area contributed by atoms with Crippen LogP contribution in [-0.2, 0) is 9.47 Å². The number of rotatable bonds is 7. The van der Waals surface area contributed by atoms with Crippen molar-refractivity contribution in [1.82, 2.24) is 4.98 Å². The Morgan fingerprint density at radius 1 is 1.32 bits per heavy atom.